The van der Waals surface area contributed by atoms with Crippen LogP contribution in [0.3, 0.4) is 0 Å². The van der Waals surface area contributed by atoms with Crippen molar-refractivity contribution in [1.29, 1.82) is 0 Å². The summed E-state index contributed by atoms with van der Waals surface area (Å²) in [5.74, 6) is 0.888. The van der Waals surface area contributed by atoms with Crippen LogP contribution in [0.25, 0.3) is 11.3 Å². The zero-order chi connectivity index (χ0) is 18.0. The highest BCUT2D eigenvalue weighted by Gasteiger charge is 2.16. The van der Waals surface area contributed by atoms with Gasteiger partial charge >= 0.3 is 0 Å². The van der Waals surface area contributed by atoms with E-state index in [0.717, 1.165) is 16.8 Å². The van der Waals surface area contributed by atoms with Crippen LogP contribution in [0, 0.1) is 5.82 Å². The van der Waals surface area contributed by atoms with Crippen molar-refractivity contribution < 1.29 is 9.13 Å². The van der Waals surface area contributed by atoms with Gasteiger partial charge in [-0.2, -0.15) is 5.10 Å². The Morgan fingerprint density at radius 3 is 2.48 bits per heavy atom. The van der Waals surface area contributed by atoms with Gasteiger partial charge in [-0.25, -0.2) is 9.07 Å². The van der Waals surface area contributed by atoms with E-state index in [4.69, 9.17) is 10.5 Å². The molecule has 0 radical (unpaired) electrons. The number of nitrogens with two attached hydrogens (primary N) is 1. The molecule has 0 amide bonds. The molecule has 4 nitrogen and oxygen atoms in total. The van der Waals surface area contributed by atoms with Gasteiger partial charge in [0.05, 0.1) is 5.69 Å². The summed E-state index contributed by atoms with van der Waals surface area (Å²) in [6.45, 7) is 6.60. The maximum Gasteiger partial charge on any atom is 0.218 e. The quantitative estimate of drug-likeness (QED) is 0.733. The minimum absolute atomic E-state index is 0.293. The van der Waals surface area contributed by atoms with Gasteiger partial charge in [-0.1, -0.05) is 18.2 Å². The van der Waals surface area contributed by atoms with Crippen molar-refractivity contribution in [3.05, 3.63) is 66.0 Å². The highest BCUT2D eigenvalue weighted by molar-refractivity contribution is 5.62. The van der Waals surface area contributed by atoms with E-state index in [1.54, 1.807) is 16.8 Å². The Morgan fingerprint density at radius 1 is 1.12 bits per heavy atom. The highest BCUT2D eigenvalue weighted by atomic mass is 19.1. The first-order chi connectivity index (χ1) is 11.9. The van der Waals surface area contributed by atoms with Crippen molar-refractivity contribution in [2.24, 2.45) is 5.73 Å². The molecule has 0 atom stereocenters. The van der Waals surface area contributed by atoms with Crippen LogP contribution in [0.4, 0.5) is 4.39 Å². The Morgan fingerprint density at radius 2 is 1.84 bits per heavy atom. The molecule has 0 saturated carbocycles. The monoisotopic (exact) mass is 339 g/mol. The van der Waals surface area contributed by atoms with Crippen molar-refractivity contribution in [2.45, 2.75) is 32.9 Å². The van der Waals surface area contributed by atoms with E-state index in [1.165, 1.54) is 12.1 Å². The van der Waals surface area contributed by atoms with Crippen LogP contribution in [0.5, 0.6) is 11.6 Å². The third kappa shape index (κ3) is 3.88. The number of aromatic nitrogens is 2. The van der Waals surface area contributed by atoms with E-state index in [1.807, 2.05) is 51.1 Å². The number of halogens is 1. The third-order valence-corrected chi connectivity index (χ3v) is 3.98. The summed E-state index contributed by atoms with van der Waals surface area (Å²) in [6.07, 6.45) is 0. The van der Waals surface area contributed by atoms with Gasteiger partial charge in [0.1, 0.15) is 11.6 Å². The molecule has 0 bridgehead atoms. The van der Waals surface area contributed by atoms with Crippen LogP contribution in [0.2, 0.25) is 0 Å². The first-order valence-electron chi connectivity index (χ1n) is 8.28. The minimum atomic E-state index is -0.420. The Labute approximate surface area is 147 Å². The van der Waals surface area contributed by atoms with Crippen molar-refractivity contribution >= 4 is 0 Å². The Hall–Kier alpha value is -2.66. The van der Waals surface area contributed by atoms with Crippen molar-refractivity contribution in [2.75, 3.05) is 0 Å². The molecule has 0 aliphatic rings. The summed E-state index contributed by atoms with van der Waals surface area (Å²) >= 11 is 0. The second-order valence-corrected chi connectivity index (χ2v) is 6.54. The maximum absolute atomic E-state index is 13.0. The van der Waals surface area contributed by atoms with Crippen molar-refractivity contribution in [1.82, 2.24) is 9.78 Å². The SMILES string of the molecule is CCn1nc(-c2cccc(C(C)(C)N)c2)cc1Oc1ccc(F)cc1. The van der Waals surface area contributed by atoms with Gasteiger partial charge < -0.3 is 10.5 Å². The molecule has 0 aliphatic heterocycles. The maximum atomic E-state index is 13.0. The lowest BCUT2D eigenvalue weighted by molar-refractivity contribution is 0.416. The molecule has 5 heteroatoms. The van der Waals surface area contributed by atoms with Gasteiger partial charge in [0.2, 0.25) is 5.88 Å². The first kappa shape index (κ1) is 17.2. The van der Waals surface area contributed by atoms with Crippen molar-refractivity contribution in [3.8, 4) is 22.9 Å². The lowest BCUT2D eigenvalue weighted by Crippen LogP contribution is -2.28. The normalized spacial score (nSPS) is 11.6. The molecule has 0 saturated heterocycles. The topological polar surface area (TPSA) is 53.1 Å². The first-order valence-corrected chi connectivity index (χ1v) is 8.28. The van der Waals surface area contributed by atoms with Crippen LogP contribution in [-0.4, -0.2) is 9.78 Å². The number of nitrogens with zero attached hydrogens (tertiary/aromatic N) is 2. The van der Waals surface area contributed by atoms with Gasteiger partial charge in [0.25, 0.3) is 0 Å². The summed E-state index contributed by atoms with van der Waals surface area (Å²) in [4.78, 5) is 0. The standard InChI is InChI=1S/C20H22FN3O/c1-4-24-19(25-17-10-8-16(21)9-11-17)13-18(23-24)14-6-5-7-15(12-14)20(2,3)22/h5-13H,4,22H2,1-3H3. The van der Waals surface area contributed by atoms with Gasteiger partial charge in [-0.05, 0) is 56.7 Å². The van der Waals surface area contributed by atoms with E-state index in [0.29, 0.717) is 18.2 Å². The predicted octanol–water partition coefficient (Wildman–Crippen LogP) is 4.70. The second kappa shape index (κ2) is 6.69. The average molecular weight is 339 g/mol. The summed E-state index contributed by atoms with van der Waals surface area (Å²) in [5.41, 5.74) is 8.61. The van der Waals surface area contributed by atoms with E-state index >= 15 is 0 Å². The van der Waals surface area contributed by atoms with Crippen LogP contribution in [0.1, 0.15) is 26.3 Å². The van der Waals surface area contributed by atoms with E-state index in [-0.39, 0.29) is 5.82 Å². The molecule has 1 heterocycles. The molecule has 0 unspecified atom stereocenters. The molecule has 3 aromatic rings. The lowest BCUT2D eigenvalue weighted by Gasteiger charge is -2.19. The van der Waals surface area contributed by atoms with Gasteiger partial charge in [0, 0.05) is 23.7 Å². The fraction of sp³-hybridized carbons (Fsp3) is 0.250. The molecule has 0 fully saturated rings. The molecule has 25 heavy (non-hydrogen) atoms. The molecule has 2 N–H and O–H groups in total. The molecular weight excluding hydrogens is 317 g/mol. The number of aryl methyl sites for hydroxylation is 1. The molecule has 3 rings (SSSR count). The largest absolute Gasteiger partial charge is 0.439 e. The zero-order valence-corrected chi connectivity index (χ0v) is 14.7. The van der Waals surface area contributed by atoms with Gasteiger partial charge in [-0.15, -0.1) is 0 Å². The van der Waals surface area contributed by atoms with E-state index in [2.05, 4.69) is 5.10 Å². The van der Waals surface area contributed by atoms with Crippen LogP contribution in [-0.2, 0) is 12.1 Å². The lowest BCUT2D eigenvalue weighted by atomic mass is 9.93. The summed E-state index contributed by atoms with van der Waals surface area (Å²) in [5, 5.41) is 4.61. The average Bonchev–Trinajstić information content (AvgIpc) is 2.99. The van der Waals surface area contributed by atoms with E-state index < -0.39 is 5.54 Å². The highest BCUT2D eigenvalue weighted by Crippen LogP contribution is 2.29. The number of hydrogen-bond acceptors (Lipinski definition) is 3. The molecular formula is C20H22FN3O. The van der Waals surface area contributed by atoms with Gasteiger partial charge in [-0.3, -0.25) is 0 Å². The smallest absolute Gasteiger partial charge is 0.218 e. The molecule has 130 valence electrons. The number of hydrogen-bond donors (Lipinski definition) is 1. The summed E-state index contributed by atoms with van der Waals surface area (Å²) in [7, 11) is 0. The van der Waals surface area contributed by atoms with E-state index in [9.17, 15) is 4.39 Å². The molecule has 0 spiro atoms. The van der Waals surface area contributed by atoms with Crippen LogP contribution >= 0.6 is 0 Å². The molecule has 1 aromatic heterocycles. The Bertz CT molecular complexity index is 863. The Balaban J connectivity index is 1.94. The molecule has 2 aromatic carbocycles. The predicted molar refractivity (Wildman–Crippen MR) is 97.0 cm³/mol. The third-order valence-electron chi connectivity index (χ3n) is 3.98. The minimum Gasteiger partial charge on any atom is -0.439 e. The Kier molecular flexibility index (Phi) is 4.59. The van der Waals surface area contributed by atoms with Crippen molar-refractivity contribution in [3.63, 3.8) is 0 Å². The van der Waals surface area contributed by atoms with Crippen LogP contribution < -0.4 is 10.5 Å². The number of benzene rings is 2. The van der Waals surface area contributed by atoms with Gasteiger partial charge in [0.15, 0.2) is 0 Å². The summed E-state index contributed by atoms with van der Waals surface area (Å²) in [6, 6.07) is 15.9. The fourth-order valence-corrected chi connectivity index (χ4v) is 2.55. The molecule has 0 aliphatic carbocycles. The zero-order valence-electron chi connectivity index (χ0n) is 14.7. The summed E-state index contributed by atoms with van der Waals surface area (Å²) < 4.78 is 20.7. The second-order valence-electron chi connectivity index (χ2n) is 6.54. The number of rotatable bonds is 5. The van der Waals surface area contributed by atoms with Crippen LogP contribution in [0.15, 0.2) is 54.6 Å². The fourth-order valence-electron chi connectivity index (χ4n) is 2.55. The number of ether oxygens (including phenoxy) is 1.